The molecule has 0 bridgehead atoms. The molecule has 0 amide bonds. The summed E-state index contributed by atoms with van der Waals surface area (Å²) >= 11 is 0. The van der Waals surface area contributed by atoms with Gasteiger partial charge >= 0.3 is 0 Å². The molecule has 2 rings (SSSR count). The fraction of sp³-hybridized carbons (Fsp3) is 0.739. The zero-order chi connectivity index (χ0) is 18.2. The zero-order valence-corrected chi connectivity index (χ0v) is 17.3. The van der Waals surface area contributed by atoms with Gasteiger partial charge in [0.15, 0.2) is 0 Å². The van der Waals surface area contributed by atoms with Crippen LogP contribution >= 0.6 is 0 Å². The number of benzene rings is 1. The summed E-state index contributed by atoms with van der Waals surface area (Å²) < 4.78 is 0. The molecule has 1 atom stereocenters. The van der Waals surface area contributed by atoms with Gasteiger partial charge in [0.2, 0.25) is 0 Å². The van der Waals surface area contributed by atoms with E-state index in [0.717, 1.165) is 11.8 Å². The van der Waals surface area contributed by atoms with E-state index in [0.29, 0.717) is 0 Å². The van der Waals surface area contributed by atoms with Crippen LogP contribution in [-0.4, -0.2) is 13.1 Å². The molecule has 1 unspecified atom stereocenters. The Morgan fingerprint density at radius 1 is 1.00 bits per heavy atom. The summed E-state index contributed by atoms with van der Waals surface area (Å²) in [7, 11) is 0. The number of aryl methyl sites for hydroxylation is 2. The Bertz CT molecular complexity index is 377. The summed E-state index contributed by atoms with van der Waals surface area (Å²) in [5, 5.41) is 3.35. The van der Waals surface area contributed by atoms with Crippen molar-refractivity contribution in [2.45, 2.75) is 86.5 Å². The number of hydrogen-bond donors (Lipinski definition) is 1. The van der Waals surface area contributed by atoms with Gasteiger partial charge in [-0.25, -0.2) is 0 Å². The third-order valence-electron chi connectivity index (χ3n) is 4.84. The molecule has 1 aliphatic rings. The summed E-state index contributed by atoms with van der Waals surface area (Å²) in [4.78, 5) is 0. The van der Waals surface area contributed by atoms with Crippen LogP contribution in [0, 0.1) is 11.8 Å². The largest absolute Gasteiger partial charge is 0.316 e. The molecule has 0 saturated carbocycles. The summed E-state index contributed by atoms with van der Waals surface area (Å²) in [6.45, 7) is 15.6. The molecule has 1 heteroatoms. The standard InChI is InChI=1S/C14H22.C7H15N.C2H6/c1-3-5-6-7-11-14-12-9-8-10-13(14)4-2;1-6(2)7-3-4-8-5-7;1-2/h8-10,12H,3-7,11H2,1-2H3;6-8H,3-5H2,1-2H3;1-2H3. The minimum absolute atomic E-state index is 0.880. The van der Waals surface area contributed by atoms with Crippen molar-refractivity contribution in [1.82, 2.24) is 5.32 Å². The van der Waals surface area contributed by atoms with Crippen molar-refractivity contribution in [3.63, 3.8) is 0 Å². The van der Waals surface area contributed by atoms with Crippen LogP contribution in [0.25, 0.3) is 0 Å². The van der Waals surface area contributed by atoms with Gasteiger partial charge in [-0.2, -0.15) is 0 Å². The quantitative estimate of drug-likeness (QED) is 0.551. The molecule has 1 aromatic rings. The lowest BCUT2D eigenvalue weighted by atomic mass is 9.96. The lowest BCUT2D eigenvalue weighted by Crippen LogP contribution is -2.12. The first-order valence-electron chi connectivity index (χ1n) is 10.5. The highest BCUT2D eigenvalue weighted by Gasteiger charge is 2.16. The first-order chi connectivity index (χ1) is 11.7. The lowest BCUT2D eigenvalue weighted by molar-refractivity contribution is 0.419. The van der Waals surface area contributed by atoms with Crippen LogP contribution in [0.5, 0.6) is 0 Å². The molecule has 0 aromatic heterocycles. The van der Waals surface area contributed by atoms with Gasteiger partial charge in [0, 0.05) is 0 Å². The fourth-order valence-electron chi connectivity index (χ4n) is 3.13. The van der Waals surface area contributed by atoms with E-state index in [1.54, 1.807) is 5.56 Å². The second-order valence-corrected chi connectivity index (χ2v) is 6.93. The number of nitrogens with one attached hydrogen (secondary N) is 1. The maximum absolute atomic E-state index is 3.35. The fourth-order valence-corrected chi connectivity index (χ4v) is 3.13. The van der Waals surface area contributed by atoms with Gasteiger partial charge in [0.25, 0.3) is 0 Å². The number of rotatable bonds is 7. The zero-order valence-electron chi connectivity index (χ0n) is 17.3. The van der Waals surface area contributed by atoms with Crippen LogP contribution in [0.15, 0.2) is 24.3 Å². The van der Waals surface area contributed by atoms with E-state index in [1.807, 2.05) is 13.8 Å². The minimum atomic E-state index is 0.880. The Labute approximate surface area is 152 Å². The second kappa shape index (κ2) is 15.7. The van der Waals surface area contributed by atoms with Crippen molar-refractivity contribution in [3.8, 4) is 0 Å². The maximum Gasteiger partial charge on any atom is -0.00176 e. The van der Waals surface area contributed by atoms with Crippen LogP contribution in [0.1, 0.15) is 84.8 Å². The average Bonchev–Trinajstić information content (AvgIpc) is 3.16. The molecule has 1 saturated heterocycles. The molecule has 0 aliphatic carbocycles. The highest BCUT2D eigenvalue weighted by atomic mass is 14.9. The summed E-state index contributed by atoms with van der Waals surface area (Å²) in [6, 6.07) is 8.85. The lowest BCUT2D eigenvalue weighted by Gasteiger charge is -2.10. The number of hydrogen-bond acceptors (Lipinski definition) is 1. The Kier molecular flexibility index (Phi) is 15.2. The van der Waals surface area contributed by atoms with Crippen molar-refractivity contribution in [2.24, 2.45) is 11.8 Å². The van der Waals surface area contributed by atoms with Gasteiger partial charge in [0.05, 0.1) is 0 Å². The smallest absolute Gasteiger partial charge is 0.00176 e. The predicted octanol–water partition coefficient (Wildman–Crippen LogP) is 6.65. The Balaban J connectivity index is 0.000000447. The molecule has 0 spiro atoms. The molecule has 1 N–H and O–H groups in total. The highest BCUT2D eigenvalue weighted by Crippen LogP contribution is 2.16. The van der Waals surface area contributed by atoms with Crippen LogP contribution in [0.2, 0.25) is 0 Å². The van der Waals surface area contributed by atoms with Crippen molar-refractivity contribution in [3.05, 3.63) is 35.4 Å². The Morgan fingerprint density at radius 3 is 2.12 bits per heavy atom. The van der Waals surface area contributed by atoms with E-state index in [2.05, 4.69) is 57.3 Å². The van der Waals surface area contributed by atoms with Gasteiger partial charge in [-0.15, -0.1) is 0 Å². The Morgan fingerprint density at radius 2 is 1.67 bits per heavy atom. The van der Waals surface area contributed by atoms with Gasteiger partial charge in [-0.05, 0) is 61.7 Å². The molecule has 140 valence electrons. The van der Waals surface area contributed by atoms with E-state index in [9.17, 15) is 0 Å². The Hall–Kier alpha value is -0.820. The van der Waals surface area contributed by atoms with Crippen LogP contribution in [0.3, 0.4) is 0 Å². The summed E-state index contributed by atoms with van der Waals surface area (Å²) in [6.07, 6.45) is 9.27. The molecule has 1 aliphatic heterocycles. The molecule has 1 heterocycles. The van der Waals surface area contributed by atoms with E-state index in [1.165, 1.54) is 63.6 Å². The third kappa shape index (κ3) is 10.1. The van der Waals surface area contributed by atoms with Crippen LogP contribution < -0.4 is 5.32 Å². The SMILES string of the molecule is CC.CC(C)C1CCNC1.CCCCCCc1ccccc1CC. The first kappa shape index (κ1) is 23.2. The summed E-state index contributed by atoms with van der Waals surface area (Å²) in [5.74, 6) is 1.83. The third-order valence-corrected chi connectivity index (χ3v) is 4.84. The molecule has 1 fully saturated rings. The maximum atomic E-state index is 3.35. The van der Waals surface area contributed by atoms with Crippen molar-refractivity contribution >= 4 is 0 Å². The molecular weight excluding hydrogens is 290 g/mol. The molecule has 24 heavy (non-hydrogen) atoms. The van der Waals surface area contributed by atoms with Crippen molar-refractivity contribution in [1.29, 1.82) is 0 Å². The van der Waals surface area contributed by atoms with Crippen molar-refractivity contribution < 1.29 is 0 Å². The van der Waals surface area contributed by atoms with E-state index >= 15 is 0 Å². The molecule has 1 aromatic carbocycles. The predicted molar refractivity (Wildman–Crippen MR) is 111 cm³/mol. The first-order valence-corrected chi connectivity index (χ1v) is 10.5. The van der Waals surface area contributed by atoms with Crippen LogP contribution in [-0.2, 0) is 12.8 Å². The van der Waals surface area contributed by atoms with Crippen molar-refractivity contribution in [2.75, 3.05) is 13.1 Å². The molecule has 0 radical (unpaired) electrons. The monoisotopic (exact) mass is 333 g/mol. The van der Waals surface area contributed by atoms with Gasteiger partial charge in [-0.3, -0.25) is 0 Å². The normalized spacial score (nSPS) is 16.2. The second-order valence-electron chi connectivity index (χ2n) is 6.93. The van der Waals surface area contributed by atoms with Crippen LogP contribution in [0.4, 0.5) is 0 Å². The molecule has 1 nitrogen and oxygen atoms in total. The van der Waals surface area contributed by atoms with Gasteiger partial charge in [0.1, 0.15) is 0 Å². The minimum Gasteiger partial charge on any atom is -0.316 e. The highest BCUT2D eigenvalue weighted by molar-refractivity contribution is 5.26. The molecular formula is C23H43N. The average molecular weight is 334 g/mol. The van der Waals surface area contributed by atoms with Gasteiger partial charge in [-0.1, -0.05) is 85.1 Å². The van der Waals surface area contributed by atoms with E-state index in [4.69, 9.17) is 0 Å². The number of unbranched alkanes of at least 4 members (excludes halogenated alkanes) is 3. The topological polar surface area (TPSA) is 12.0 Å². The van der Waals surface area contributed by atoms with E-state index < -0.39 is 0 Å². The summed E-state index contributed by atoms with van der Waals surface area (Å²) in [5.41, 5.74) is 3.09. The van der Waals surface area contributed by atoms with Gasteiger partial charge < -0.3 is 5.32 Å². The van der Waals surface area contributed by atoms with E-state index in [-0.39, 0.29) is 0 Å².